The molecule has 0 aliphatic carbocycles. The zero-order chi connectivity index (χ0) is 22.2. The summed E-state index contributed by atoms with van der Waals surface area (Å²) in [5, 5.41) is 12.1. The Kier molecular flexibility index (Phi) is 5.92. The molecule has 0 spiro atoms. The van der Waals surface area contributed by atoms with Gasteiger partial charge in [0.15, 0.2) is 0 Å². The lowest BCUT2D eigenvalue weighted by atomic mass is 9.87. The molecule has 7 nitrogen and oxygen atoms in total. The summed E-state index contributed by atoms with van der Waals surface area (Å²) < 4.78 is 0. The second-order valence-electron chi connectivity index (χ2n) is 7.69. The van der Waals surface area contributed by atoms with Crippen LogP contribution in [0.15, 0.2) is 42.5 Å². The minimum atomic E-state index is -0.966. The Balaban J connectivity index is 1.60. The molecular formula is C22H21Cl2N3O4. The number of nitrogens with one attached hydrogen (secondary N) is 1. The average molecular weight is 462 g/mol. The van der Waals surface area contributed by atoms with Gasteiger partial charge in [-0.2, -0.15) is 0 Å². The lowest BCUT2D eigenvalue weighted by molar-refractivity contribution is -0.123. The Hall–Kier alpha value is -2.61. The fraction of sp³-hybridized carbons (Fsp3) is 0.318. The second kappa shape index (κ2) is 8.49. The molecule has 2 saturated heterocycles. The topological polar surface area (TPSA) is 89.9 Å². The fourth-order valence-corrected chi connectivity index (χ4v) is 4.85. The van der Waals surface area contributed by atoms with Crippen LogP contribution >= 0.6 is 23.2 Å². The highest BCUT2D eigenvalue weighted by Gasteiger charge is 2.59. The molecule has 2 N–H and O–H groups in total. The van der Waals surface area contributed by atoms with Crippen LogP contribution in [0, 0.1) is 0 Å². The van der Waals surface area contributed by atoms with Gasteiger partial charge in [-0.1, -0.05) is 35.3 Å². The van der Waals surface area contributed by atoms with Crippen LogP contribution < -0.4 is 10.2 Å². The van der Waals surface area contributed by atoms with Crippen molar-refractivity contribution in [1.82, 2.24) is 10.2 Å². The molecular weight excluding hydrogens is 441 g/mol. The number of halogens is 2. The molecule has 2 aliphatic heterocycles. The lowest BCUT2D eigenvalue weighted by Gasteiger charge is -2.28. The monoisotopic (exact) mass is 461 g/mol. The quantitative estimate of drug-likeness (QED) is 0.645. The van der Waals surface area contributed by atoms with Gasteiger partial charge >= 0.3 is 6.03 Å². The minimum absolute atomic E-state index is 0.132. The standard InChI is InChI=1S/C22H21Cl2N3O4/c23-16-10-17(24)12-18(11-16)27-20(30)22(6-1-8-26(22)21(27)31)13-14-2-4-15(5-3-14)19(29)25-7-9-28/h2-5,10-12,28H,1,6-9,13H2,(H,25,29). The van der Waals surface area contributed by atoms with E-state index in [-0.39, 0.29) is 31.0 Å². The maximum atomic E-state index is 13.5. The van der Waals surface area contributed by atoms with Gasteiger partial charge in [0, 0.05) is 35.1 Å². The molecule has 0 aromatic heterocycles. The number of amides is 4. The molecule has 2 aromatic rings. The Morgan fingerprint density at radius 2 is 1.77 bits per heavy atom. The van der Waals surface area contributed by atoms with Crippen LogP contribution in [0.4, 0.5) is 10.5 Å². The number of benzene rings is 2. The largest absolute Gasteiger partial charge is 0.395 e. The van der Waals surface area contributed by atoms with Gasteiger partial charge in [-0.25, -0.2) is 9.69 Å². The first kappa shape index (κ1) is 21.6. The molecule has 2 aliphatic rings. The number of hydrogen-bond acceptors (Lipinski definition) is 4. The molecule has 4 amide bonds. The maximum absolute atomic E-state index is 13.5. The third kappa shape index (κ3) is 3.89. The van der Waals surface area contributed by atoms with Crippen molar-refractivity contribution in [2.24, 2.45) is 0 Å². The predicted octanol–water partition coefficient (Wildman–Crippen LogP) is 3.26. The molecule has 0 radical (unpaired) electrons. The molecule has 31 heavy (non-hydrogen) atoms. The summed E-state index contributed by atoms with van der Waals surface area (Å²) in [7, 11) is 0. The number of carbonyl (C=O) groups is 3. The highest BCUT2D eigenvalue weighted by molar-refractivity contribution is 6.35. The van der Waals surface area contributed by atoms with Crippen molar-refractivity contribution in [3.8, 4) is 0 Å². The SMILES string of the molecule is O=C(NCCO)c1ccc(CC23CCCN2C(=O)N(c2cc(Cl)cc(Cl)c2)C3=O)cc1. The second-order valence-corrected chi connectivity index (χ2v) is 8.56. The normalized spacial score (nSPS) is 20.4. The van der Waals surface area contributed by atoms with E-state index in [4.69, 9.17) is 28.3 Å². The molecule has 0 saturated carbocycles. The van der Waals surface area contributed by atoms with Crippen LogP contribution in [0.5, 0.6) is 0 Å². The van der Waals surface area contributed by atoms with Crippen molar-refractivity contribution >= 4 is 46.7 Å². The summed E-state index contributed by atoms with van der Waals surface area (Å²) in [4.78, 5) is 41.5. The van der Waals surface area contributed by atoms with Crippen molar-refractivity contribution in [2.45, 2.75) is 24.8 Å². The van der Waals surface area contributed by atoms with Crippen LogP contribution in [0.25, 0.3) is 0 Å². The fourth-order valence-electron chi connectivity index (χ4n) is 4.33. The van der Waals surface area contributed by atoms with Gasteiger partial charge in [-0.05, 0) is 48.7 Å². The molecule has 1 unspecified atom stereocenters. The van der Waals surface area contributed by atoms with E-state index >= 15 is 0 Å². The number of imide groups is 1. The van der Waals surface area contributed by atoms with Crippen LogP contribution in [0.2, 0.25) is 10.0 Å². The molecule has 9 heteroatoms. The summed E-state index contributed by atoms with van der Waals surface area (Å²) in [6.07, 6.45) is 1.64. The summed E-state index contributed by atoms with van der Waals surface area (Å²) in [5.74, 6) is -0.574. The van der Waals surface area contributed by atoms with Gasteiger partial charge in [0.1, 0.15) is 5.54 Å². The zero-order valence-electron chi connectivity index (χ0n) is 16.6. The molecule has 162 valence electrons. The lowest BCUT2D eigenvalue weighted by Crippen LogP contribution is -2.47. The van der Waals surface area contributed by atoms with E-state index in [1.807, 2.05) is 0 Å². The third-order valence-corrected chi connectivity index (χ3v) is 6.16. The van der Waals surface area contributed by atoms with E-state index < -0.39 is 5.54 Å². The molecule has 2 aromatic carbocycles. The van der Waals surface area contributed by atoms with Gasteiger partial charge < -0.3 is 15.3 Å². The number of rotatable bonds is 6. The first-order chi connectivity index (χ1) is 14.9. The Morgan fingerprint density at radius 3 is 2.42 bits per heavy atom. The Morgan fingerprint density at radius 1 is 1.10 bits per heavy atom. The third-order valence-electron chi connectivity index (χ3n) is 5.73. The van der Waals surface area contributed by atoms with Crippen LogP contribution in [-0.4, -0.2) is 53.1 Å². The van der Waals surface area contributed by atoms with Crippen LogP contribution in [0.1, 0.15) is 28.8 Å². The van der Waals surface area contributed by atoms with Gasteiger partial charge in [0.2, 0.25) is 0 Å². The first-order valence-electron chi connectivity index (χ1n) is 9.96. The van der Waals surface area contributed by atoms with Crippen molar-refractivity contribution in [3.63, 3.8) is 0 Å². The first-order valence-corrected chi connectivity index (χ1v) is 10.7. The van der Waals surface area contributed by atoms with E-state index in [9.17, 15) is 14.4 Å². The summed E-state index contributed by atoms with van der Waals surface area (Å²) >= 11 is 12.2. The van der Waals surface area contributed by atoms with Gasteiger partial charge in [0.05, 0.1) is 12.3 Å². The van der Waals surface area contributed by atoms with E-state index in [0.29, 0.717) is 40.7 Å². The zero-order valence-corrected chi connectivity index (χ0v) is 18.1. The van der Waals surface area contributed by atoms with E-state index in [1.54, 1.807) is 47.4 Å². The number of nitrogens with zero attached hydrogens (tertiary/aromatic N) is 2. The maximum Gasteiger partial charge on any atom is 0.332 e. The number of urea groups is 1. The molecule has 2 heterocycles. The van der Waals surface area contributed by atoms with Gasteiger partial charge in [-0.15, -0.1) is 0 Å². The van der Waals surface area contributed by atoms with Crippen LogP contribution in [0.3, 0.4) is 0 Å². The van der Waals surface area contributed by atoms with Crippen molar-refractivity contribution in [2.75, 3.05) is 24.6 Å². The number of aliphatic hydroxyl groups is 1. The Labute approximate surface area is 189 Å². The number of anilines is 1. The number of carbonyl (C=O) groups excluding carboxylic acids is 3. The van der Waals surface area contributed by atoms with Gasteiger partial charge in [-0.3, -0.25) is 9.59 Å². The van der Waals surface area contributed by atoms with Crippen LogP contribution in [-0.2, 0) is 11.2 Å². The number of aliphatic hydroxyl groups excluding tert-OH is 1. The summed E-state index contributed by atoms with van der Waals surface area (Å²) in [5.41, 5.74) is 0.698. The van der Waals surface area contributed by atoms with Crippen molar-refractivity contribution < 1.29 is 19.5 Å². The predicted molar refractivity (Wildman–Crippen MR) is 118 cm³/mol. The van der Waals surface area contributed by atoms with Gasteiger partial charge in [0.25, 0.3) is 11.8 Å². The smallest absolute Gasteiger partial charge is 0.332 e. The summed E-state index contributed by atoms with van der Waals surface area (Å²) in [6, 6.07) is 11.2. The van der Waals surface area contributed by atoms with E-state index in [2.05, 4.69) is 5.32 Å². The highest BCUT2D eigenvalue weighted by Crippen LogP contribution is 2.42. The number of hydrogen-bond donors (Lipinski definition) is 2. The number of fused-ring (bicyclic) bond motifs is 1. The highest BCUT2D eigenvalue weighted by atomic mass is 35.5. The minimum Gasteiger partial charge on any atom is -0.395 e. The van der Waals surface area contributed by atoms with Crippen molar-refractivity contribution in [1.29, 1.82) is 0 Å². The molecule has 1 atom stereocenters. The molecule has 0 bridgehead atoms. The molecule has 2 fully saturated rings. The van der Waals surface area contributed by atoms with Crippen molar-refractivity contribution in [3.05, 3.63) is 63.6 Å². The average Bonchev–Trinajstić information content (AvgIpc) is 3.23. The van der Waals surface area contributed by atoms with E-state index in [1.165, 1.54) is 0 Å². The summed E-state index contributed by atoms with van der Waals surface area (Å²) in [6.45, 7) is 0.544. The molecule has 4 rings (SSSR count). The van der Waals surface area contributed by atoms with E-state index in [0.717, 1.165) is 16.9 Å². The Bertz CT molecular complexity index is 1020.